The second-order valence-corrected chi connectivity index (χ2v) is 3.69. The number of rotatable bonds is 1. The first-order valence-corrected chi connectivity index (χ1v) is 4.36. The molecule has 0 aromatic heterocycles. The van der Waals surface area contributed by atoms with Crippen LogP contribution < -0.4 is 0 Å². The van der Waals surface area contributed by atoms with E-state index >= 15 is 0 Å². The Morgan fingerprint density at radius 2 is 2.00 bits per heavy atom. The number of hydrogen-bond donors (Lipinski definition) is 0. The van der Waals surface area contributed by atoms with E-state index in [1.54, 1.807) is 4.90 Å². The Hall–Kier alpha value is -0.220. The first-order chi connectivity index (χ1) is 4.33. The van der Waals surface area contributed by atoms with Gasteiger partial charge in [-0.25, -0.2) is 0 Å². The third-order valence-electron chi connectivity index (χ3n) is 1.36. The summed E-state index contributed by atoms with van der Waals surface area (Å²) in [6, 6.07) is 0. The number of carbonyl (C=O) groups excluding carboxylic acids is 1. The maximum atomic E-state index is 10.7. The summed E-state index contributed by atoms with van der Waals surface area (Å²) >= 11 is -0.663. The first kappa shape index (κ1) is 6.89. The second-order valence-electron chi connectivity index (χ2n) is 1.99. The molecule has 0 spiro atoms. The standard InChI is InChI=1S/C5H9NO2S/c7-5-6-1-3-9(8)4-2-6/h5H,1-4H2. The van der Waals surface area contributed by atoms with Gasteiger partial charge in [0.25, 0.3) is 0 Å². The summed E-state index contributed by atoms with van der Waals surface area (Å²) in [5.41, 5.74) is 0. The lowest BCUT2D eigenvalue weighted by molar-refractivity contribution is -0.117. The molecule has 9 heavy (non-hydrogen) atoms. The van der Waals surface area contributed by atoms with Crippen LogP contribution in [0, 0.1) is 0 Å². The molecule has 1 saturated heterocycles. The highest BCUT2D eigenvalue weighted by Crippen LogP contribution is 2.00. The van der Waals surface area contributed by atoms with Gasteiger partial charge in [0.05, 0.1) is 13.1 Å². The maximum absolute atomic E-state index is 10.7. The minimum Gasteiger partial charge on any atom is -0.616 e. The van der Waals surface area contributed by atoms with Gasteiger partial charge in [0, 0.05) is 0 Å². The summed E-state index contributed by atoms with van der Waals surface area (Å²) in [6.45, 7) is 1.33. The van der Waals surface area contributed by atoms with Crippen molar-refractivity contribution in [2.45, 2.75) is 0 Å². The molecule has 0 radical (unpaired) electrons. The van der Waals surface area contributed by atoms with Crippen LogP contribution in [-0.2, 0) is 16.0 Å². The predicted molar refractivity (Wildman–Crippen MR) is 35.5 cm³/mol. The van der Waals surface area contributed by atoms with Crippen LogP contribution in [0.1, 0.15) is 0 Å². The Balaban J connectivity index is 2.26. The van der Waals surface area contributed by atoms with E-state index in [2.05, 4.69) is 0 Å². The van der Waals surface area contributed by atoms with Crippen molar-refractivity contribution in [3.05, 3.63) is 0 Å². The van der Waals surface area contributed by atoms with Gasteiger partial charge in [-0.05, 0) is 0 Å². The van der Waals surface area contributed by atoms with Gasteiger partial charge in [-0.3, -0.25) is 4.79 Å². The van der Waals surface area contributed by atoms with Crippen LogP contribution in [0.15, 0.2) is 0 Å². The van der Waals surface area contributed by atoms with E-state index in [0.29, 0.717) is 24.6 Å². The molecule has 0 N–H and O–H groups in total. The average Bonchev–Trinajstić information content (AvgIpc) is 1.90. The normalized spacial score (nSPS) is 22.1. The smallest absolute Gasteiger partial charge is 0.210 e. The van der Waals surface area contributed by atoms with Crippen LogP contribution in [0.4, 0.5) is 0 Å². The minimum atomic E-state index is -0.663. The zero-order valence-corrected chi connectivity index (χ0v) is 5.89. The molecule has 1 aliphatic heterocycles. The fourth-order valence-corrected chi connectivity index (χ4v) is 1.84. The van der Waals surface area contributed by atoms with Crippen molar-refractivity contribution < 1.29 is 9.35 Å². The molecule has 0 aliphatic carbocycles. The summed E-state index contributed by atoms with van der Waals surface area (Å²) in [5.74, 6) is 1.30. The fraction of sp³-hybridized carbons (Fsp3) is 0.800. The number of nitrogens with zero attached hydrogens (tertiary/aromatic N) is 1. The second kappa shape index (κ2) is 3.08. The maximum Gasteiger partial charge on any atom is 0.210 e. The van der Waals surface area contributed by atoms with Crippen molar-refractivity contribution in [3.8, 4) is 0 Å². The van der Waals surface area contributed by atoms with E-state index in [1.165, 1.54) is 0 Å². The molecule has 0 aromatic rings. The summed E-state index contributed by atoms with van der Waals surface area (Å²) < 4.78 is 10.7. The third-order valence-corrected chi connectivity index (χ3v) is 2.64. The van der Waals surface area contributed by atoms with Crippen molar-refractivity contribution in [2.75, 3.05) is 24.6 Å². The molecule has 0 aromatic carbocycles. The zero-order valence-electron chi connectivity index (χ0n) is 5.08. The lowest BCUT2D eigenvalue weighted by Gasteiger charge is -2.24. The van der Waals surface area contributed by atoms with E-state index in [-0.39, 0.29) is 0 Å². The summed E-state index contributed by atoms with van der Waals surface area (Å²) in [6.07, 6.45) is 0.816. The Morgan fingerprint density at radius 3 is 2.44 bits per heavy atom. The Kier molecular flexibility index (Phi) is 2.36. The molecular formula is C5H9NO2S. The van der Waals surface area contributed by atoms with Crippen molar-refractivity contribution in [2.24, 2.45) is 0 Å². The molecule has 0 bridgehead atoms. The Bertz CT molecular complexity index is 101. The molecule has 1 rings (SSSR count). The number of amides is 1. The highest BCUT2D eigenvalue weighted by Gasteiger charge is 2.16. The molecule has 1 aliphatic rings. The first-order valence-electron chi connectivity index (χ1n) is 2.87. The molecule has 1 fully saturated rings. The molecule has 0 saturated carbocycles. The quantitative estimate of drug-likeness (QED) is 0.360. The Morgan fingerprint density at radius 1 is 1.44 bits per heavy atom. The highest BCUT2D eigenvalue weighted by atomic mass is 32.2. The molecule has 0 unspecified atom stereocenters. The van der Waals surface area contributed by atoms with E-state index in [0.717, 1.165) is 6.41 Å². The van der Waals surface area contributed by atoms with Crippen molar-refractivity contribution in [1.29, 1.82) is 0 Å². The molecule has 52 valence electrons. The van der Waals surface area contributed by atoms with E-state index in [1.807, 2.05) is 0 Å². The van der Waals surface area contributed by atoms with E-state index < -0.39 is 11.2 Å². The topological polar surface area (TPSA) is 43.4 Å². The van der Waals surface area contributed by atoms with Crippen LogP contribution in [0.5, 0.6) is 0 Å². The summed E-state index contributed by atoms with van der Waals surface area (Å²) in [7, 11) is 0. The van der Waals surface area contributed by atoms with Crippen molar-refractivity contribution in [3.63, 3.8) is 0 Å². The van der Waals surface area contributed by atoms with Gasteiger partial charge in [-0.2, -0.15) is 0 Å². The number of hydrogen-bond acceptors (Lipinski definition) is 2. The predicted octanol–water partition coefficient (Wildman–Crippen LogP) is -0.793. The van der Waals surface area contributed by atoms with Gasteiger partial charge in [-0.15, -0.1) is 0 Å². The van der Waals surface area contributed by atoms with Crippen molar-refractivity contribution >= 4 is 17.6 Å². The SMILES string of the molecule is O=CN1CC[S+]([O-])CC1. The van der Waals surface area contributed by atoms with E-state index in [4.69, 9.17) is 0 Å². The lowest BCUT2D eigenvalue weighted by atomic mass is 10.5. The molecule has 1 heterocycles. The van der Waals surface area contributed by atoms with Crippen LogP contribution in [0.3, 0.4) is 0 Å². The highest BCUT2D eigenvalue weighted by molar-refractivity contribution is 7.91. The molecular weight excluding hydrogens is 138 g/mol. The lowest BCUT2D eigenvalue weighted by Crippen LogP contribution is -2.39. The van der Waals surface area contributed by atoms with Crippen LogP contribution >= 0.6 is 0 Å². The monoisotopic (exact) mass is 147 g/mol. The van der Waals surface area contributed by atoms with Gasteiger partial charge in [0.15, 0.2) is 0 Å². The Labute approximate surface area is 57.2 Å². The van der Waals surface area contributed by atoms with Crippen LogP contribution in [0.2, 0.25) is 0 Å². The van der Waals surface area contributed by atoms with Crippen LogP contribution in [0.25, 0.3) is 0 Å². The summed E-state index contributed by atoms with van der Waals surface area (Å²) in [4.78, 5) is 11.7. The largest absolute Gasteiger partial charge is 0.616 e. The van der Waals surface area contributed by atoms with Gasteiger partial charge in [-0.1, -0.05) is 11.2 Å². The number of carbonyl (C=O) groups is 1. The van der Waals surface area contributed by atoms with Gasteiger partial charge >= 0.3 is 0 Å². The fourth-order valence-electron chi connectivity index (χ4n) is 0.757. The van der Waals surface area contributed by atoms with Gasteiger partial charge < -0.3 is 9.45 Å². The van der Waals surface area contributed by atoms with E-state index in [9.17, 15) is 9.35 Å². The third kappa shape index (κ3) is 1.87. The molecule has 1 amide bonds. The molecule has 4 heteroatoms. The van der Waals surface area contributed by atoms with Crippen molar-refractivity contribution in [1.82, 2.24) is 4.90 Å². The van der Waals surface area contributed by atoms with Gasteiger partial charge in [0.1, 0.15) is 11.5 Å². The van der Waals surface area contributed by atoms with Crippen LogP contribution in [-0.4, -0.2) is 40.5 Å². The average molecular weight is 147 g/mol. The molecule has 3 nitrogen and oxygen atoms in total. The minimum absolute atomic E-state index is 0.652. The van der Waals surface area contributed by atoms with Gasteiger partial charge in [0.2, 0.25) is 6.41 Å². The summed E-state index contributed by atoms with van der Waals surface area (Å²) in [5, 5.41) is 0. The zero-order chi connectivity index (χ0) is 6.69. The molecule has 0 atom stereocenters.